The molecular weight excluding hydrogens is 869 g/mol. The van der Waals surface area contributed by atoms with Crippen LogP contribution in [0.1, 0.15) is 71.8 Å². The summed E-state index contributed by atoms with van der Waals surface area (Å²) in [5.41, 5.74) is 16.4. The molecule has 25 nitrogen and oxygen atoms in total. The second-order valence-corrected chi connectivity index (χ2v) is 16.2. The van der Waals surface area contributed by atoms with Gasteiger partial charge in [0, 0.05) is 39.3 Å². The number of hydrogen-bond acceptors (Lipinski definition) is 13. The van der Waals surface area contributed by atoms with E-state index in [1.165, 1.54) is 24.3 Å². The lowest BCUT2D eigenvalue weighted by Gasteiger charge is -2.30. The molecule has 1 aromatic rings. The van der Waals surface area contributed by atoms with Crippen LogP contribution < -0.4 is 59.7 Å². The zero-order valence-electron chi connectivity index (χ0n) is 37.5. The number of amides is 12. The number of nitrogens with one attached hydrogen (secondary N) is 8. The predicted molar refractivity (Wildman–Crippen MR) is 232 cm³/mol. The molecule has 15 N–H and O–H groups in total. The number of primary amides is 3. The summed E-state index contributed by atoms with van der Waals surface area (Å²) in [6.45, 7) is 4.63. The molecule has 0 bridgehead atoms. The fourth-order valence-corrected chi connectivity index (χ4v) is 6.40. The minimum atomic E-state index is -1.84. The van der Waals surface area contributed by atoms with Crippen LogP contribution in [-0.2, 0) is 64.0 Å². The first-order valence-corrected chi connectivity index (χ1v) is 21.1. The van der Waals surface area contributed by atoms with E-state index in [-0.39, 0.29) is 12.2 Å². The van der Waals surface area contributed by atoms with E-state index in [0.29, 0.717) is 12.0 Å². The zero-order chi connectivity index (χ0) is 49.8. The van der Waals surface area contributed by atoms with E-state index in [9.17, 15) is 62.6 Å². The smallest absolute Gasteiger partial charge is 0.247 e. The standard InChI is InChI=1S/C41H62N12O13/c1-6-21(4)35-40(65)48-24(11-12-28(42)55)36(61)49-26(16-29(43)56)37(62)50-27(41(66)53(5)19-33(60)51-34(20(2)3)39(64)46-18-30(44)57)17-45-31(58)13-14-32(59)47-25(38(63)52-35)15-22-7-9-23(54)10-8-22/h7-10,20-21,24-27,34-35,54H,6,11-19H2,1-5H3,(H2,42,55)(H2,43,56)(H2,44,57)(H,45,58)(H,46,64)(H,47,59)(H,48,65)(H,49,61)(H,50,62)(H,51,60)(H,52,63)/t21-,24-,25-,26-,27-,34-,35-/m0/s1. The van der Waals surface area contributed by atoms with Crippen LogP contribution in [0, 0.1) is 11.8 Å². The number of nitrogens with zero attached hydrogens (tertiary/aromatic N) is 1. The number of aromatic hydroxyl groups is 1. The average Bonchev–Trinajstić information content (AvgIpc) is 3.24. The maximum atomic E-state index is 14.0. The number of phenols is 1. The largest absolute Gasteiger partial charge is 0.508 e. The van der Waals surface area contributed by atoms with Gasteiger partial charge < -0.3 is 69.7 Å². The molecule has 1 heterocycles. The Morgan fingerprint density at radius 2 is 1.35 bits per heavy atom. The molecule has 12 amide bonds. The fourth-order valence-electron chi connectivity index (χ4n) is 6.40. The van der Waals surface area contributed by atoms with Crippen molar-refractivity contribution in [3.8, 4) is 5.75 Å². The Labute approximate surface area is 380 Å². The molecule has 25 heteroatoms. The second kappa shape index (κ2) is 26.4. The Morgan fingerprint density at radius 3 is 1.92 bits per heavy atom. The van der Waals surface area contributed by atoms with Crippen LogP contribution in [0.3, 0.4) is 0 Å². The Bertz CT molecular complexity index is 1980. The van der Waals surface area contributed by atoms with Gasteiger partial charge in [0.05, 0.1) is 19.5 Å². The summed E-state index contributed by atoms with van der Waals surface area (Å²) < 4.78 is 0. The Kier molecular flexibility index (Phi) is 22.0. The highest BCUT2D eigenvalue weighted by Crippen LogP contribution is 2.14. The topological polar surface area (TPSA) is 403 Å². The minimum Gasteiger partial charge on any atom is -0.508 e. The summed E-state index contributed by atoms with van der Waals surface area (Å²) in [6.07, 6.45) is -2.58. The maximum Gasteiger partial charge on any atom is 0.247 e. The SMILES string of the molecule is CC[C@H](C)[C@@H]1NC(=O)[C@H](Cc2ccc(O)cc2)NC(=O)CCC(=O)NC[C@@H](C(=O)N(C)CC(=O)N[C@H](C(=O)NCC(N)=O)C(C)C)NC(=O)[C@H](CC(N)=O)NC(=O)[C@H](CCC(N)=O)NC1=O. The number of carbonyl (C=O) groups excluding carboxylic acids is 12. The molecule has 0 saturated carbocycles. The second-order valence-electron chi connectivity index (χ2n) is 16.2. The highest BCUT2D eigenvalue weighted by atomic mass is 16.3. The van der Waals surface area contributed by atoms with Crippen molar-refractivity contribution in [1.29, 1.82) is 0 Å². The van der Waals surface area contributed by atoms with Gasteiger partial charge in [0.1, 0.15) is 42.0 Å². The molecule has 0 aliphatic carbocycles. The van der Waals surface area contributed by atoms with Crippen LogP contribution in [0.2, 0.25) is 0 Å². The first kappa shape index (κ1) is 54.8. The summed E-state index contributed by atoms with van der Waals surface area (Å²) >= 11 is 0. The molecule has 7 atom stereocenters. The van der Waals surface area contributed by atoms with Crippen molar-refractivity contribution in [1.82, 2.24) is 47.4 Å². The van der Waals surface area contributed by atoms with Gasteiger partial charge in [0.2, 0.25) is 70.9 Å². The van der Waals surface area contributed by atoms with Crippen molar-refractivity contribution >= 4 is 70.9 Å². The molecule has 1 saturated heterocycles. The molecule has 1 aliphatic heterocycles. The van der Waals surface area contributed by atoms with E-state index < -0.39 is 171 Å². The molecule has 1 fully saturated rings. The third-order valence-electron chi connectivity index (χ3n) is 10.3. The van der Waals surface area contributed by atoms with Gasteiger partial charge >= 0.3 is 0 Å². The monoisotopic (exact) mass is 930 g/mol. The van der Waals surface area contributed by atoms with Gasteiger partial charge in [-0.25, -0.2) is 0 Å². The quantitative estimate of drug-likeness (QED) is 0.0696. The van der Waals surface area contributed by atoms with Crippen LogP contribution >= 0.6 is 0 Å². The summed E-state index contributed by atoms with van der Waals surface area (Å²) in [5.74, 6) is -12.3. The number of hydrogen-bond donors (Lipinski definition) is 12. The van der Waals surface area contributed by atoms with Crippen molar-refractivity contribution < 1.29 is 62.6 Å². The molecular formula is C41H62N12O13. The number of phenolic OH excluding ortho intramolecular Hbond substituents is 1. The van der Waals surface area contributed by atoms with Crippen molar-refractivity contribution in [2.24, 2.45) is 29.0 Å². The van der Waals surface area contributed by atoms with Crippen LogP contribution in [0.5, 0.6) is 5.75 Å². The zero-order valence-corrected chi connectivity index (χ0v) is 37.5. The molecule has 0 aromatic heterocycles. The molecule has 66 heavy (non-hydrogen) atoms. The molecule has 1 aromatic carbocycles. The maximum absolute atomic E-state index is 14.0. The van der Waals surface area contributed by atoms with E-state index >= 15 is 0 Å². The minimum absolute atomic E-state index is 0.0695. The first-order chi connectivity index (χ1) is 30.9. The Morgan fingerprint density at radius 1 is 0.758 bits per heavy atom. The first-order valence-electron chi connectivity index (χ1n) is 21.1. The van der Waals surface area contributed by atoms with Gasteiger partial charge in [-0.05, 0) is 36.0 Å². The Hall–Kier alpha value is -7.34. The third kappa shape index (κ3) is 18.8. The van der Waals surface area contributed by atoms with Crippen LogP contribution in [-0.4, -0.2) is 144 Å². The highest BCUT2D eigenvalue weighted by molar-refractivity contribution is 5.99. The lowest BCUT2D eigenvalue weighted by molar-refractivity contribution is -0.140. The normalized spacial score (nSPS) is 21.2. The van der Waals surface area contributed by atoms with Crippen molar-refractivity contribution in [2.75, 3.05) is 26.7 Å². The molecule has 0 spiro atoms. The van der Waals surface area contributed by atoms with Crippen molar-refractivity contribution in [3.05, 3.63) is 29.8 Å². The van der Waals surface area contributed by atoms with Gasteiger partial charge in [-0.1, -0.05) is 46.2 Å². The predicted octanol–water partition coefficient (Wildman–Crippen LogP) is -5.34. The van der Waals surface area contributed by atoms with Gasteiger partial charge in [0.15, 0.2) is 0 Å². The Balaban J connectivity index is 2.59. The average molecular weight is 931 g/mol. The number of likely N-dealkylation sites (N-methyl/N-ethyl adjacent to an activating group) is 1. The van der Waals surface area contributed by atoms with Crippen LogP contribution in [0.15, 0.2) is 24.3 Å². The van der Waals surface area contributed by atoms with E-state index in [4.69, 9.17) is 17.2 Å². The summed E-state index contributed by atoms with van der Waals surface area (Å²) in [7, 11) is 1.15. The van der Waals surface area contributed by atoms with Gasteiger partial charge in [-0.2, -0.15) is 0 Å². The van der Waals surface area contributed by atoms with Crippen LogP contribution in [0.4, 0.5) is 0 Å². The van der Waals surface area contributed by atoms with E-state index in [1.54, 1.807) is 27.7 Å². The highest BCUT2D eigenvalue weighted by Gasteiger charge is 2.36. The van der Waals surface area contributed by atoms with Gasteiger partial charge in [0.25, 0.3) is 0 Å². The molecule has 0 unspecified atom stereocenters. The fraction of sp³-hybridized carbons (Fsp3) is 0.561. The van der Waals surface area contributed by atoms with Gasteiger partial charge in [-0.3, -0.25) is 57.5 Å². The number of benzene rings is 1. The summed E-state index contributed by atoms with van der Waals surface area (Å²) in [4.78, 5) is 158. The molecule has 2 rings (SSSR count). The lowest BCUT2D eigenvalue weighted by Crippen LogP contribution is -2.61. The molecule has 364 valence electrons. The third-order valence-corrected chi connectivity index (χ3v) is 10.3. The van der Waals surface area contributed by atoms with E-state index in [0.717, 1.165) is 11.9 Å². The van der Waals surface area contributed by atoms with E-state index in [2.05, 4.69) is 42.5 Å². The van der Waals surface area contributed by atoms with Gasteiger partial charge in [-0.15, -0.1) is 0 Å². The number of carbonyl (C=O) groups is 12. The number of nitrogens with two attached hydrogens (primary N) is 3. The number of rotatable bonds is 17. The molecule has 1 aliphatic rings. The van der Waals surface area contributed by atoms with Crippen molar-refractivity contribution in [3.63, 3.8) is 0 Å². The van der Waals surface area contributed by atoms with Crippen LogP contribution in [0.25, 0.3) is 0 Å². The lowest BCUT2D eigenvalue weighted by atomic mass is 9.96. The molecule has 0 radical (unpaired) electrons. The summed E-state index contributed by atoms with van der Waals surface area (Å²) in [6, 6.07) is -3.34. The summed E-state index contributed by atoms with van der Waals surface area (Å²) in [5, 5.41) is 29.2. The van der Waals surface area contributed by atoms with E-state index in [1.807, 2.05) is 0 Å². The van der Waals surface area contributed by atoms with Crippen molar-refractivity contribution in [2.45, 2.75) is 109 Å².